The number of hydrogen-bond donors (Lipinski definition) is 0. The first kappa shape index (κ1) is 14.6. The Bertz CT molecular complexity index is 441. The molecule has 0 atom stereocenters. The van der Waals surface area contributed by atoms with Gasteiger partial charge in [-0.05, 0) is 13.0 Å². The molecule has 0 aliphatic heterocycles. The van der Waals surface area contributed by atoms with Crippen molar-refractivity contribution >= 4 is 17.6 Å². The van der Waals surface area contributed by atoms with Crippen LogP contribution in [0.15, 0.2) is 6.07 Å². The van der Waals surface area contributed by atoms with Crippen LogP contribution in [-0.2, 0) is 16.0 Å². The number of carbonyl (C=O) groups excluding carboxylic acids is 1. The third-order valence-electron chi connectivity index (χ3n) is 2.07. The summed E-state index contributed by atoms with van der Waals surface area (Å²) in [6.07, 6.45) is -2.94. The Kier molecular flexibility index (Phi) is 5.27. The standard InChI is InChI=1S/C11H12ClF2NO3/c1-3-18-8(16)5-6-4-7(12)9(10(13)14)11(15-6)17-2/h4,10H,3,5H2,1-2H3. The minimum absolute atomic E-state index is 0.145. The highest BCUT2D eigenvalue weighted by atomic mass is 35.5. The quantitative estimate of drug-likeness (QED) is 0.778. The number of rotatable bonds is 5. The average Bonchev–Trinajstić information content (AvgIpc) is 2.27. The van der Waals surface area contributed by atoms with Crippen LogP contribution in [0.4, 0.5) is 8.78 Å². The van der Waals surface area contributed by atoms with Gasteiger partial charge in [0.15, 0.2) is 0 Å². The van der Waals surface area contributed by atoms with Gasteiger partial charge in [-0.15, -0.1) is 0 Å². The van der Waals surface area contributed by atoms with E-state index in [1.807, 2.05) is 0 Å². The highest BCUT2D eigenvalue weighted by Gasteiger charge is 2.21. The Morgan fingerprint density at radius 1 is 1.56 bits per heavy atom. The molecular formula is C11H12ClF2NO3. The molecule has 100 valence electrons. The van der Waals surface area contributed by atoms with Crippen LogP contribution in [0, 0.1) is 0 Å². The van der Waals surface area contributed by atoms with Gasteiger partial charge in [0, 0.05) is 0 Å². The number of esters is 1. The van der Waals surface area contributed by atoms with Crippen molar-refractivity contribution in [3.05, 3.63) is 22.3 Å². The molecule has 0 aliphatic rings. The summed E-state index contributed by atoms with van der Waals surface area (Å²) in [6, 6.07) is 1.21. The summed E-state index contributed by atoms with van der Waals surface area (Å²) in [4.78, 5) is 15.1. The van der Waals surface area contributed by atoms with Gasteiger partial charge in [-0.3, -0.25) is 4.79 Å². The summed E-state index contributed by atoms with van der Waals surface area (Å²) in [7, 11) is 1.21. The second kappa shape index (κ2) is 6.49. The number of methoxy groups -OCH3 is 1. The Balaban J connectivity index is 3.03. The fraction of sp³-hybridized carbons (Fsp3) is 0.455. The SMILES string of the molecule is CCOC(=O)Cc1cc(Cl)c(C(F)F)c(OC)n1. The van der Waals surface area contributed by atoms with Crippen LogP contribution in [0.3, 0.4) is 0 Å². The van der Waals surface area contributed by atoms with Gasteiger partial charge in [-0.2, -0.15) is 0 Å². The molecule has 0 aromatic carbocycles. The number of carbonyl (C=O) groups is 1. The van der Waals surface area contributed by atoms with Crippen molar-refractivity contribution in [1.82, 2.24) is 4.98 Å². The van der Waals surface area contributed by atoms with Gasteiger partial charge >= 0.3 is 5.97 Å². The maximum Gasteiger partial charge on any atom is 0.311 e. The first-order chi connectivity index (χ1) is 8.49. The van der Waals surface area contributed by atoms with Crippen molar-refractivity contribution in [3.8, 4) is 5.88 Å². The fourth-order valence-electron chi connectivity index (χ4n) is 1.35. The van der Waals surface area contributed by atoms with E-state index in [0.29, 0.717) is 0 Å². The van der Waals surface area contributed by atoms with Crippen molar-refractivity contribution in [2.24, 2.45) is 0 Å². The van der Waals surface area contributed by atoms with E-state index in [-0.39, 0.29) is 29.6 Å². The van der Waals surface area contributed by atoms with Crippen LogP contribution in [0.5, 0.6) is 5.88 Å². The lowest BCUT2D eigenvalue weighted by Gasteiger charge is -2.10. The van der Waals surface area contributed by atoms with Gasteiger partial charge in [0.05, 0.1) is 36.4 Å². The van der Waals surface area contributed by atoms with Gasteiger partial charge in [0.2, 0.25) is 5.88 Å². The van der Waals surface area contributed by atoms with Crippen molar-refractivity contribution in [3.63, 3.8) is 0 Å². The van der Waals surface area contributed by atoms with Crippen LogP contribution < -0.4 is 4.74 Å². The van der Waals surface area contributed by atoms with Gasteiger partial charge in [0.25, 0.3) is 6.43 Å². The minimum atomic E-state index is -2.79. The van der Waals surface area contributed by atoms with Gasteiger partial charge in [-0.1, -0.05) is 11.6 Å². The molecule has 0 unspecified atom stereocenters. The summed E-state index contributed by atoms with van der Waals surface area (Å²) in [5.74, 6) is -0.787. The average molecular weight is 280 g/mol. The number of pyridine rings is 1. The highest BCUT2D eigenvalue weighted by molar-refractivity contribution is 6.31. The van der Waals surface area contributed by atoms with Crippen molar-refractivity contribution < 1.29 is 23.0 Å². The normalized spacial score (nSPS) is 10.6. The molecule has 0 fully saturated rings. The van der Waals surface area contributed by atoms with Crippen LogP contribution in [-0.4, -0.2) is 24.7 Å². The monoisotopic (exact) mass is 279 g/mol. The molecule has 1 heterocycles. The molecule has 0 amide bonds. The number of ether oxygens (including phenoxy) is 2. The van der Waals surface area contributed by atoms with E-state index in [1.165, 1.54) is 13.2 Å². The van der Waals surface area contributed by atoms with Gasteiger partial charge < -0.3 is 9.47 Å². The molecule has 0 radical (unpaired) electrons. The van der Waals surface area contributed by atoms with Crippen molar-refractivity contribution in [2.45, 2.75) is 19.8 Å². The zero-order valence-electron chi connectivity index (χ0n) is 9.87. The van der Waals surface area contributed by atoms with E-state index in [9.17, 15) is 13.6 Å². The van der Waals surface area contributed by atoms with Gasteiger partial charge in [-0.25, -0.2) is 13.8 Å². The maximum atomic E-state index is 12.7. The predicted molar refractivity (Wildman–Crippen MR) is 61.1 cm³/mol. The molecule has 0 bridgehead atoms. The lowest BCUT2D eigenvalue weighted by atomic mass is 10.2. The van der Waals surface area contributed by atoms with E-state index in [0.717, 1.165) is 0 Å². The van der Waals surface area contributed by atoms with E-state index in [4.69, 9.17) is 21.1 Å². The largest absolute Gasteiger partial charge is 0.481 e. The third kappa shape index (κ3) is 3.53. The van der Waals surface area contributed by atoms with E-state index in [1.54, 1.807) is 6.92 Å². The number of aromatic nitrogens is 1. The second-order valence-electron chi connectivity index (χ2n) is 3.30. The molecule has 0 saturated carbocycles. The van der Waals surface area contributed by atoms with Crippen LogP contribution in [0.25, 0.3) is 0 Å². The number of hydrogen-bond acceptors (Lipinski definition) is 4. The predicted octanol–water partition coefficient (Wildman–Crippen LogP) is 2.79. The van der Waals surface area contributed by atoms with Crippen LogP contribution in [0.2, 0.25) is 5.02 Å². The number of halogens is 3. The van der Waals surface area contributed by atoms with E-state index >= 15 is 0 Å². The Hall–Kier alpha value is -1.43. The summed E-state index contributed by atoms with van der Waals surface area (Å²) in [5, 5.41) is -0.184. The number of nitrogens with zero attached hydrogens (tertiary/aromatic N) is 1. The smallest absolute Gasteiger partial charge is 0.311 e. The van der Waals surface area contributed by atoms with Crippen LogP contribution >= 0.6 is 11.6 Å². The topological polar surface area (TPSA) is 48.4 Å². The van der Waals surface area contributed by atoms with Gasteiger partial charge in [0.1, 0.15) is 0 Å². The molecule has 4 nitrogen and oxygen atoms in total. The number of alkyl halides is 2. The zero-order chi connectivity index (χ0) is 13.7. The molecular weight excluding hydrogens is 268 g/mol. The first-order valence-electron chi connectivity index (χ1n) is 5.16. The molecule has 1 aromatic rings. The molecule has 7 heteroatoms. The van der Waals surface area contributed by atoms with Crippen LogP contribution in [0.1, 0.15) is 24.6 Å². The summed E-state index contributed by atoms with van der Waals surface area (Å²) in [6.45, 7) is 1.90. The summed E-state index contributed by atoms with van der Waals surface area (Å²) >= 11 is 5.72. The molecule has 18 heavy (non-hydrogen) atoms. The minimum Gasteiger partial charge on any atom is -0.481 e. The van der Waals surface area contributed by atoms with E-state index < -0.39 is 18.0 Å². The molecule has 1 rings (SSSR count). The first-order valence-corrected chi connectivity index (χ1v) is 5.54. The molecule has 1 aromatic heterocycles. The Morgan fingerprint density at radius 2 is 2.22 bits per heavy atom. The maximum absolute atomic E-state index is 12.7. The summed E-state index contributed by atoms with van der Waals surface area (Å²) < 4.78 is 34.9. The molecule has 0 aliphatic carbocycles. The Labute approximate surface area is 108 Å². The highest BCUT2D eigenvalue weighted by Crippen LogP contribution is 2.34. The molecule has 0 N–H and O–H groups in total. The lowest BCUT2D eigenvalue weighted by Crippen LogP contribution is -2.10. The Morgan fingerprint density at radius 3 is 2.72 bits per heavy atom. The van der Waals surface area contributed by atoms with Crippen molar-refractivity contribution in [2.75, 3.05) is 13.7 Å². The molecule has 0 spiro atoms. The summed E-state index contributed by atoms with van der Waals surface area (Å²) in [5.41, 5.74) is -0.258. The second-order valence-corrected chi connectivity index (χ2v) is 3.71. The van der Waals surface area contributed by atoms with E-state index in [2.05, 4.69) is 4.98 Å². The lowest BCUT2D eigenvalue weighted by molar-refractivity contribution is -0.142. The fourth-order valence-corrected chi connectivity index (χ4v) is 1.64. The third-order valence-corrected chi connectivity index (χ3v) is 2.38. The van der Waals surface area contributed by atoms with Crippen molar-refractivity contribution in [1.29, 1.82) is 0 Å². The molecule has 0 saturated heterocycles. The zero-order valence-corrected chi connectivity index (χ0v) is 10.6.